The van der Waals surface area contributed by atoms with Crippen molar-refractivity contribution in [1.82, 2.24) is 9.78 Å². The van der Waals surface area contributed by atoms with E-state index in [1.54, 1.807) is 19.9 Å². The Kier molecular flexibility index (Phi) is 4.57. The monoisotopic (exact) mass is 358 g/mol. The van der Waals surface area contributed by atoms with Crippen LogP contribution >= 0.6 is 0 Å². The molecule has 6 nitrogen and oxygen atoms in total. The number of nitriles is 1. The summed E-state index contributed by atoms with van der Waals surface area (Å²) in [5, 5.41) is 13.0. The lowest BCUT2D eigenvalue weighted by molar-refractivity contribution is -0.139. The van der Waals surface area contributed by atoms with Crippen LogP contribution in [0, 0.1) is 11.3 Å². The highest BCUT2D eigenvalue weighted by Crippen LogP contribution is 2.34. The largest absolute Gasteiger partial charge is 0.417 e. The lowest BCUT2D eigenvalue weighted by Gasteiger charge is -2.13. The van der Waals surface area contributed by atoms with Crippen molar-refractivity contribution in [2.75, 3.05) is 4.72 Å². The third-order valence-corrected chi connectivity index (χ3v) is 4.49. The molecule has 1 heterocycles. The summed E-state index contributed by atoms with van der Waals surface area (Å²) in [6.07, 6.45) is -3.52. The van der Waals surface area contributed by atoms with Gasteiger partial charge in [0.05, 0.1) is 10.5 Å². The average Bonchev–Trinajstić information content (AvgIpc) is 2.89. The van der Waals surface area contributed by atoms with Gasteiger partial charge in [0.25, 0.3) is 10.0 Å². The van der Waals surface area contributed by atoms with Crippen molar-refractivity contribution in [1.29, 1.82) is 5.26 Å². The molecular formula is C14H13F3N4O2S. The molecule has 2 aromatic rings. The molecule has 1 aromatic carbocycles. The van der Waals surface area contributed by atoms with E-state index in [9.17, 15) is 21.6 Å². The van der Waals surface area contributed by atoms with Crippen LogP contribution in [0.4, 0.5) is 19.0 Å². The van der Waals surface area contributed by atoms with E-state index in [1.165, 1.54) is 16.9 Å². The van der Waals surface area contributed by atoms with Crippen molar-refractivity contribution < 1.29 is 21.6 Å². The Hall–Kier alpha value is -2.54. The maximum atomic E-state index is 13.0. The van der Waals surface area contributed by atoms with Gasteiger partial charge in [-0.1, -0.05) is 12.1 Å². The zero-order valence-electron chi connectivity index (χ0n) is 12.7. The van der Waals surface area contributed by atoms with Gasteiger partial charge >= 0.3 is 6.18 Å². The first-order valence-corrected chi connectivity index (χ1v) is 8.23. The summed E-state index contributed by atoms with van der Waals surface area (Å²) in [7, 11) is -4.57. The Balaban J connectivity index is 2.50. The van der Waals surface area contributed by atoms with Crippen LogP contribution in [0.15, 0.2) is 35.4 Å². The second-order valence-corrected chi connectivity index (χ2v) is 6.83. The number of rotatable bonds is 4. The molecule has 1 aromatic heterocycles. The molecule has 0 saturated heterocycles. The molecule has 0 aliphatic rings. The molecule has 0 saturated carbocycles. The van der Waals surface area contributed by atoms with Gasteiger partial charge in [-0.2, -0.15) is 23.5 Å². The fourth-order valence-electron chi connectivity index (χ4n) is 1.93. The Labute approximate surface area is 136 Å². The number of alkyl halides is 3. The highest BCUT2D eigenvalue weighted by Gasteiger charge is 2.37. The molecule has 128 valence electrons. The van der Waals surface area contributed by atoms with Gasteiger partial charge in [0.1, 0.15) is 11.6 Å². The van der Waals surface area contributed by atoms with Crippen LogP contribution in [-0.4, -0.2) is 18.2 Å². The fourth-order valence-corrected chi connectivity index (χ4v) is 3.18. The molecule has 0 bridgehead atoms. The smallest absolute Gasteiger partial charge is 0.267 e. The number of nitrogens with one attached hydrogen (secondary N) is 1. The zero-order chi connectivity index (χ0) is 18.1. The highest BCUT2D eigenvalue weighted by atomic mass is 32.2. The van der Waals surface area contributed by atoms with Crippen LogP contribution in [0.1, 0.15) is 31.0 Å². The standard InChI is InChI=1S/C14H13F3N4O2S/c1-9(2)21-8-10(7-18)13(19-21)20-24(22,23)12-6-4-3-5-11(12)14(15,16)17/h3-6,8-9H,1-2H3,(H,19,20). The van der Waals surface area contributed by atoms with Gasteiger partial charge in [-0.25, -0.2) is 8.42 Å². The Morgan fingerprint density at radius 2 is 1.92 bits per heavy atom. The minimum absolute atomic E-state index is 0.0863. The predicted molar refractivity (Wildman–Crippen MR) is 79.6 cm³/mol. The quantitative estimate of drug-likeness (QED) is 0.909. The van der Waals surface area contributed by atoms with Gasteiger partial charge < -0.3 is 0 Å². The van der Waals surface area contributed by atoms with Crippen molar-refractivity contribution in [3.8, 4) is 6.07 Å². The Morgan fingerprint density at radius 1 is 1.29 bits per heavy atom. The number of nitrogens with zero attached hydrogens (tertiary/aromatic N) is 3. The van der Waals surface area contributed by atoms with Crippen LogP contribution in [0.5, 0.6) is 0 Å². The minimum Gasteiger partial charge on any atom is -0.267 e. The van der Waals surface area contributed by atoms with Gasteiger partial charge in [0.2, 0.25) is 0 Å². The first kappa shape index (κ1) is 17.8. The molecule has 0 unspecified atom stereocenters. The van der Waals surface area contributed by atoms with Crippen molar-refractivity contribution in [2.24, 2.45) is 0 Å². The van der Waals surface area contributed by atoms with E-state index >= 15 is 0 Å². The Morgan fingerprint density at radius 3 is 2.46 bits per heavy atom. The highest BCUT2D eigenvalue weighted by molar-refractivity contribution is 7.92. The number of hydrogen-bond donors (Lipinski definition) is 1. The van der Waals surface area contributed by atoms with Crippen LogP contribution in [0.2, 0.25) is 0 Å². The minimum atomic E-state index is -4.83. The van der Waals surface area contributed by atoms with Crippen LogP contribution < -0.4 is 4.72 Å². The van der Waals surface area contributed by atoms with E-state index in [4.69, 9.17) is 5.26 Å². The third-order valence-electron chi connectivity index (χ3n) is 3.09. The summed E-state index contributed by atoms with van der Waals surface area (Å²) in [6.45, 7) is 3.51. The molecule has 10 heteroatoms. The molecule has 0 fully saturated rings. The summed E-state index contributed by atoms with van der Waals surface area (Å²) in [4.78, 5) is -0.930. The molecule has 1 N–H and O–H groups in total. The normalized spacial score (nSPS) is 12.2. The maximum Gasteiger partial charge on any atom is 0.417 e. The molecule has 0 radical (unpaired) electrons. The second-order valence-electron chi connectivity index (χ2n) is 5.18. The SMILES string of the molecule is CC(C)n1cc(C#N)c(NS(=O)(=O)c2ccccc2C(F)(F)F)n1. The van der Waals surface area contributed by atoms with Crippen molar-refractivity contribution in [2.45, 2.75) is 31.0 Å². The summed E-state index contributed by atoms with van der Waals surface area (Å²) in [5.41, 5.74) is -1.38. The lowest BCUT2D eigenvalue weighted by atomic mass is 10.2. The molecule has 0 aliphatic carbocycles. The number of halogens is 3. The average molecular weight is 358 g/mol. The van der Waals surface area contributed by atoms with Gasteiger partial charge in [-0.05, 0) is 26.0 Å². The first-order valence-electron chi connectivity index (χ1n) is 6.74. The zero-order valence-corrected chi connectivity index (χ0v) is 13.5. The van der Waals surface area contributed by atoms with Gasteiger partial charge in [0.15, 0.2) is 5.82 Å². The van der Waals surface area contributed by atoms with Gasteiger partial charge in [-0.3, -0.25) is 9.40 Å². The van der Waals surface area contributed by atoms with E-state index in [0.29, 0.717) is 6.07 Å². The van der Waals surface area contributed by atoms with E-state index in [1.807, 2.05) is 4.72 Å². The number of aromatic nitrogens is 2. The van der Waals surface area contributed by atoms with Gasteiger partial charge in [-0.15, -0.1) is 0 Å². The number of sulfonamides is 1. The van der Waals surface area contributed by atoms with Crippen molar-refractivity contribution in [3.05, 3.63) is 41.6 Å². The molecule has 0 atom stereocenters. The number of anilines is 1. The first-order chi connectivity index (χ1) is 11.1. The number of benzene rings is 1. The molecule has 0 aliphatic heterocycles. The van der Waals surface area contributed by atoms with Crippen molar-refractivity contribution >= 4 is 15.8 Å². The van der Waals surface area contributed by atoms with Crippen LogP contribution in [0.25, 0.3) is 0 Å². The predicted octanol–water partition coefficient (Wildman–Crippen LogP) is 3.16. The third kappa shape index (κ3) is 3.51. The molecule has 0 amide bonds. The second kappa shape index (κ2) is 6.16. The number of hydrogen-bond acceptors (Lipinski definition) is 4. The summed E-state index contributed by atoms with van der Waals surface area (Å²) >= 11 is 0. The maximum absolute atomic E-state index is 13.0. The van der Waals surface area contributed by atoms with E-state index in [-0.39, 0.29) is 17.4 Å². The molecular weight excluding hydrogens is 345 g/mol. The van der Waals surface area contributed by atoms with Crippen LogP contribution in [-0.2, 0) is 16.2 Å². The van der Waals surface area contributed by atoms with Crippen molar-refractivity contribution in [3.63, 3.8) is 0 Å². The summed E-state index contributed by atoms with van der Waals surface area (Å²) in [6, 6.07) is 5.39. The van der Waals surface area contributed by atoms with Crippen LogP contribution in [0.3, 0.4) is 0 Å². The lowest BCUT2D eigenvalue weighted by Crippen LogP contribution is -2.19. The van der Waals surface area contributed by atoms with Gasteiger partial charge in [0, 0.05) is 12.2 Å². The molecule has 0 spiro atoms. The summed E-state index contributed by atoms with van der Waals surface area (Å²) in [5.74, 6) is -0.317. The molecule has 2 rings (SSSR count). The fraction of sp³-hybridized carbons (Fsp3) is 0.286. The molecule has 24 heavy (non-hydrogen) atoms. The van der Waals surface area contributed by atoms with E-state index in [0.717, 1.165) is 12.1 Å². The topological polar surface area (TPSA) is 87.8 Å². The van der Waals surface area contributed by atoms with E-state index < -0.39 is 26.7 Å². The Bertz CT molecular complexity index is 895. The van der Waals surface area contributed by atoms with E-state index in [2.05, 4.69) is 5.10 Å². The summed E-state index contributed by atoms with van der Waals surface area (Å²) < 4.78 is 67.0.